The summed E-state index contributed by atoms with van der Waals surface area (Å²) in [5, 5.41) is 11.0. The Labute approximate surface area is 155 Å². The second kappa shape index (κ2) is 7.22. The van der Waals surface area contributed by atoms with Crippen LogP contribution in [0.4, 0.5) is 14.9 Å². The highest BCUT2D eigenvalue weighted by atomic mass is 19.1. The summed E-state index contributed by atoms with van der Waals surface area (Å²) in [7, 11) is 0. The Morgan fingerprint density at radius 3 is 3.07 bits per heavy atom. The molecule has 8 heteroatoms. The van der Waals surface area contributed by atoms with E-state index in [9.17, 15) is 9.18 Å². The zero-order valence-corrected chi connectivity index (χ0v) is 14.9. The first kappa shape index (κ1) is 17.3. The molecule has 0 aliphatic carbocycles. The average Bonchev–Trinajstić information content (AvgIpc) is 3.35. The molecule has 1 fully saturated rings. The number of nitrogens with one attached hydrogen (secondary N) is 1. The van der Waals surface area contributed by atoms with Gasteiger partial charge in [-0.25, -0.2) is 9.18 Å². The number of nitrogens with zero attached hydrogens (tertiary/aromatic N) is 4. The maximum Gasteiger partial charge on any atom is 0.322 e. The number of amides is 2. The van der Waals surface area contributed by atoms with Gasteiger partial charge in [-0.05, 0) is 37.5 Å². The average molecular weight is 369 g/mol. The molecule has 0 unspecified atom stereocenters. The largest absolute Gasteiger partial charge is 0.359 e. The molecule has 3 heterocycles. The molecule has 0 spiro atoms. The number of hydrogen-bond acceptors (Lipinski definition) is 4. The summed E-state index contributed by atoms with van der Waals surface area (Å²) in [6.45, 7) is 2.95. The molecule has 2 aromatic heterocycles. The molecule has 1 aliphatic rings. The van der Waals surface area contributed by atoms with Crippen LogP contribution < -0.4 is 5.32 Å². The number of hydrogen-bond donors (Lipinski definition) is 1. The fourth-order valence-electron chi connectivity index (χ4n) is 3.38. The van der Waals surface area contributed by atoms with Crippen molar-refractivity contribution in [1.29, 1.82) is 0 Å². The Bertz CT molecular complexity index is 951. The molecule has 7 nitrogen and oxygen atoms in total. The third-order valence-electron chi connectivity index (χ3n) is 4.61. The van der Waals surface area contributed by atoms with Crippen molar-refractivity contribution in [2.75, 3.05) is 11.9 Å². The number of urea groups is 1. The topological polar surface area (TPSA) is 76.2 Å². The van der Waals surface area contributed by atoms with E-state index in [1.807, 2.05) is 19.1 Å². The van der Waals surface area contributed by atoms with E-state index in [1.54, 1.807) is 28.0 Å². The van der Waals surface area contributed by atoms with Gasteiger partial charge in [0.15, 0.2) is 5.76 Å². The predicted octanol–water partition coefficient (Wildman–Crippen LogP) is 3.74. The van der Waals surface area contributed by atoms with Gasteiger partial charge in [0.2, 0.25) is 0 Å². The van der Waals surface area contributed by atoms with Crippen molar-refractivity contribution >= 4 is 11.7 Å². The number of anilines is 1. The summed E-state index contributed by atoms with van der Waals surface area (Å²) < 4.78 is 20.3. The van der Waals surface area contributed by atoms with Gasteiger partial charge in [0, 0.05) is 18.8 Å². The molecule has 0 bridgehead atoms. The maximum absolute atomic E-state index is 13.3. The van der Waals surface area contributed by atoms with Gasteiger partial charge in [0.05, 0.1) is 30.2 Å². The summed E-state index contributed by atoms with van der Waals surface area (Å²) >= 11 is 0. The molecule has 2 amide bonds. The number of carbonyl (C=O) groups excluding carboxylic acids is 1. The smallest absolute Gasteiger partial charge is 0.322 e. The van der Waals surface area contributed by atoms with Crippen molar-refractivity contribution in [2.45, 2.75) is 32.4 Å². The molecule has 1 atom stereocenters. The Morgan fingerprint density at radius 2 is 2.30 bits per heavy atom. The molecule has 4 rings (SSSR count). The van der Waals surface area contributed by atoms with Gasteiger partial charge >= 0.3 is 6.03 Å². The van der Waals surface area contributed by atoms with Crippen molar-refractivity contribution < 1.29 is 13.7 Å². The van der Waals surface area contributed by atoms with Gasteiger partial charge < -0.3 is 14.7 Å². The molecular formula is C19H20FN5O2. The Balaban J connectivity index is 1.41. The summed E-state index contributed by atoms with van der Waals surface area (Å²) in [6, 6.07) is 7.93. The van der Waals surface area contributed by atoms with Gasteiger partial charge in [-0.3, -0.25) is 4.68 Å². The van der Waals surface area contributed by atoms with Gasteiger partial charge in [0.25, 0.3) is 0 Å². The quantitative estimate of drug-likeness (QED) is 0.760. The molecule has 140 valence electrons. The minimum Gasteiger partial charge on any atom is -0.359 e. The lowest BCUT2D eigenvalue weighted by molar-refractivity contribution is 0.195. The summed E-state index contributed by atoms with van der Waals surface area (Å²) in [5.74, 6) is 0.429. The van der Waals surface area contributed by atoms with Crippen LogP contribution in [0.3, 0.4) is 0 Å². The van der Waals surface area contributed by atoms with Crippen LogP contribution in [-0.2, 0) is 6.54 Å². The van der Waals surface area contributed by atoms with E-state index >= 15 is 0 Å². The van der Waals surface area contributed by atoms with E-state index in [-0.39, 0.29) is 17.9 Å². The van der Waals surface area contributed by atoms with E-state index < -0.39 is 0 Å². The third-order valence-corrected chi connectivity index (χ3v) is 4.61. The van der Waals surface area contributed by atoms with Crippen molar-refractivity contribution in [3.63, 3.8) is 0 Å². The Hall–Kier alpha value is -3.16. The monoisotopic (exact) mass is 369 g/mol. The van der Waals surface area contributed by atoms with E-state index in [0.717, 1.165) is 24.1 Å². The minimum atomic E-state index is -0.282. The normalized spacial score (nSPS) is 16.7. The zero-order valence-electron chi connectivity index (χ0n) is 14.9. The lowest BCUT2D eigenvalue weighted by Crippen LogP contribution is -2.34. The number of likely N-dealkylation sites (tertiary alicyclic amines) is 1. The predicted molar refractivity (Wildman–Crippen MR) is 96.7 cm³/mol. The van der Waals surface area contributed by atoms with E-state index in [4.69, 9.17) is 4.52 Å². The van der Waals surface area contributed by atoms with Gasteiger partial charge in [-0.1, -0.05) is 17.3 Å². The van der Waals surface area contributed by atoms with Gasteiger partial charge in [-0.2, -0.15) is 5.10 Å². The van der Waals surface area contributed by atoms with Crippen LogP contribution in [0.15, 0.2) is 47.2 Å². The third kappa shape index (κ3) is 3.84. The van der Waals surface area contributed by atoms with Crippen molar-refractivity contribution in [3.05, 3.63) is 65.6 Å². The molecule has 27 heavy (non-hydrogen) atoms. The number of aromatic nitrogens is 3. The molecule has 1 aromatic carbocycles. The van der Waals surface area contributed by atoms with Crippen molar-refractivity contribution in [3.8, 4) is 0 Å². The SMILES string of the molecule is Cc1cc([C@H]2CCCN2C(=O)Nc2cnn(Cc3cccc(F)c3)c2)on1. The molecule has 1 aliphatic heterocycles. The molecule has 0 saturated carbocycles. The van der Waals surface area contributed by atoms with Crippen molar-refractivity contribution in [1.82, 2.24) is 19.8 Å². The Kier molecular flexibility index (Phi) is 4.62. The molecule has 1 saturated heterocycles. The molecule has 0 radical (unpaired) electrons. The number of carbonyl (C=O) groups is 1. The second-order valence-electron chi connectivity index (χ2n) is 6.71. The standard InChI is InChI=1S/C19H20FN5O2/c1-13-8-18(27-23-13)17-6-3-7-25(17)19(26)22-16-10-21-24(12-16)11-14-4-2-5-15(20)9-14/h2,4-5,8-10,12,17H,3,6-7,11H2,1H3,(H,22,26)/t17-/m1/s1. The maximum atomic E-state index is 13.3. The summed E-state index contributed by atoms with van der Waals surface area (Å²) in [4.78, 5) is 14.4. The van der Waals surface area contributed by atoms with Crippen LogP contribution in [0.1, 0.15) is 35.9 Å². The number of rotatable bonds is 4. The molecular weight excluding hydrogens is 349 g/mol. The highest BCUT2D eigenvalue weighted by Crippen LogP contribution is 2.32. The van der Waals surface area contributed by atoms with Gasteiger partial charge in [-0.15, -0.1) is 0 Å². The second-order valence-corrected chi connectivity index (χ2v) is 6.71. The number of benzene rings is 1. The van der Waals surface area contributed by atoms with Crippen LogP contribution in [0.2, 0.25) is 0 Å². The first-order valence-corrected chi connectivity index (χ1v) is 8.86. The first-order chi connectivity index (χ1) is 13.1. The highest BCUT2D eigenvalue weighted by molar-refractivity contribution is 5.89. The number of aryl methyl sites for hydroxylation is 1. The Morgan fingerprint density at radius 1 is 1.41 bits per heavy atom. The van der Waals surface area contributed by atoms with Crippen LogP contribution in [0.25, 0.3) is 0 Å². The molecule has 1 N–H and O–H groups in total. The van der Waals surface area contributed by atoms with Gasteiger partial charge in [0.1, 0.15) is 5.82 Å². The highest BCUT2D eigenvalue weighted by Gasteiger charge is 2.32. The van der Waals surface area contributed by atoms with Crippen molar-refractivity contribution in [2.24, 2.45) is 0 Å². The lowest BCUT2D eigenvalue weighted by atomic mass is 10.1. The van der Waals surface area contributed by atoms with E-state index in [0.29, 0.717) is 24.5 Å². The fraction of sp³-hybridized carbons (Fsp3) is 0.316. The van der Waals surface area contributed by atoms with Crippen LogP contribution >= 0.6 is 0 Å². The molecule has 3 aromatic rings. The number of halogens is 1. The van der Waals surface area contributed by atoms with Crippen LogP contribution in [0, 0.1) is 12.7 Å². The lowest BCUT2D eigenvalue weighted by Gasteiger charge is -2.22. The minimum absolute atomic E-state index is 0.103. The first-order valence-electron chi connectivity index (χ1n) is 8.86. The zero-order chi connectivity index (χ0) is 18.8. The summed E-state index contributed by atoms with van der Waals surface area (Å²) in [6.07, 6.45) is 5.07. The van der Waals surface area contributed by atoms with Crippen LogP contribution in [0.5, 0.6) is 0 Å². The van der Waals surface area contributed by atoms with Crippen LogP contribution in [-0.4, -0.2) is 32.4 Å². The van der Waals surface area contributed by atoms with E-state index in [2.05, 4.69) is 15.6 Å². The fourth-order valence-corrected chi connectivity index (χ4v) is 3.38. The van der Waals surface area contributed by atoms with E-state index in [1.165, 1.54) is 12.1 Å². The summed E-state index contributed by atoms with van der Waals surface area (Å²) in [5.41, 5.74) is 2.20.